The van der Waals surface area contributed by atoms with Crippen molar-refractivity contribution in [2.24, 2.45) is 0 Å². The molecular formula is C54H76N6O8Si2. The van der Waals surface area contributed by atoms with Crippen LogP contribution in [-0.4, -0.2) is 108 Å². The van der Waals surface area contributed by atoms with Crippen LogP contribution in [0.4, 0.5) is 0 Å². The van der Waals surface area contributed by atoms with E-state index in [0.29, 0.717) is 58.6 Å². The van der Waals surface area contributed by atoms with E-state index >= 15 is 0 Å². The summed E-state index contributed by atoms with van der Waals surface area (Å²) >= 11 is 0. The third-order valence-corrected chi connectivity index (χ3v) is 16.4. The third kappa shape index (κ3) is 12.6. The summed E-state index contributed by atoms with van der Waals surface area (Å²) in [5, 5.41) is 19.2. The Labute approximate surface area is 416 Å². The van der Waals surface area contributed by atoms with Crippen LogP contribution in [0.25, 0.3) is 44.8 Å². The van der Waals surface area contributed by atoms with Gasteiger partial charge in [0.2, 0.25) is 0 Å². The Morgan fingerprint density at radius 1 is 0.671 bits per heavy atom. The molecular weight excluding hydrogens is 917 g/mol. The van der Waals surface area contributed by atoms with E-state index < -0.39 is 33.8 Å². The van der Waals surface area contributed by atoms with Crippen LogP contribution in [0.15, 0.2) is 73.6 Å². The minimum atomic E-state index is -1.21. The van der Waals surface area contributed by atoms with E-state index in [-0.39, 0.29) is 13.0 Å². The fourth-order valence-electron chi connectivity index (χ4n) is 8.92. The molecule has 4 aromatic heterocycles. The standard InChI is InChI=1S/C27H39N3O5Si.C27H37N3O3Si/c1-6-23-24-26(28-16-21(29-24)15-22(32)17-31)30(18-33-13-14-36(3,4)5)25(23)19-7-9-20(10-8-19)27(2)34-11-12-35-27;1-7-9-22-18-28-26-24(29-22)23(8-2)25(30(26)19-31-16-17-34(4,5)6)20-10-12-21(13-11-20)27(3)32-14-15-33-27/h7-10,16,22,31-32H,6,11-15,17-18H2,1-5H3;7,10-13,18H,1,8-9,14-17,19H2,2-6H3. The van der Waals surface area contributed by atoms with Gasteiger partial charge in [0.05, 0.1) is 74.3 Å². The molecule has 2 aliphatic rings. The van der Waals surface area contributed by atoms with Gasteiger partial charge in [0.15, 0.2) is 22.9 Å². The zero-order valence-electron chi connectivity index (χ0n) is 43.3. The number of fused-ring (bicyclic) bond motifs is 2. The molecule has 16 heteroatoms. The lowest BCUT2D eigenvalue weighted by molar-refractivity contribution is -0.150. The van der Waals surface area contributed by atoms with Crippen molar-refractivity contribution in [3.8, 4) is 22.5 Å². The van der Waals surface area contributed by atoms with Gasteiger partial charge in [-0.2, -0.15) is 0 Å². The van der Waals surface area contributed by atoms with E-state index in [1.54, 1.807) is 6.20 Å². The van der Waals surface area contributed by atoms with E-state index in [2.05, 4.69) is 117 Å². The lowest BCUT2D eigenvalue weighted by Crippen LogP contribution is -2.22. The average molecular weight is 993 g/mol. The molecule has 70 heavy (non-hydrogen) atoms. The van der Waals surface area contributed by atoms with Gasteiger partial charge in [-0.05, 0) is 49.9 Å². The summed E-state index contributed by atoms with van der Waals surface area (Å²) in [5.41, 5.74) is 13.5. The zero-order valence-corrected chi connectivity index (χ0v) is 45.3. The number of aliphatic hydroxyl groups is 2. The van der Waals surface area contributed by atoms with Gasteiger partial charge in [-0.3, -0.25) is 9.13 Å². The van der Waals surface area contributed by atoms with E-state index in [4.69, 9.17) is 48.4 Å². The average Bonchev–Trinajstić information content (AvgIpc) is 4.13. The van der Waals surface area contributed by atoms with Gasteiger partial charge >= 0.3 is 0 Å². The zero-order chi connectivity index (χ0) is 50.3. The highest BCUT2D eigenvalue weighted by atomic mass is 28.3. The quantitative estimate of drug-likeness (QED) is 0.0400. The molecule has 378 valence electrons. The monoisotopic (exact) mass is 993 g/mol. The second-order valence-electron chi connectivity index (χ2n) is 21.0. The highest BCUT2D eigenvalue weighted by molar-refractivity contribution is 6.76. The molecule has 0 aliphatic carbocycles. The van der Waals surface area contributed by atoms with Gasteiger partial charge in [-0.25, -0.2) is 19.9 Å². The van der Waals surface area contributed by atoms with Gasteiger partial charge < -0.3 is 38.6 Å². The Morgan fingerprint density at radius 3 is 1.44 bits per heavy atom. The molecule has 1 atom stereocenters. The van der Waals surface area contributed by atoms with Crippen LogP contribution in [0.1, 0.15) is 61.3 Å². The van der Waals surface area contributed by atoms with E-state index in [1.807, 2.05) is 26.1 Å². The number of aromatic nitrogens is 6. The third-order valence-electron chi connectivity index (χ3n) is 13.0. The van der Waals surface area contributed by atoms with Crippen molar-refractivity contribution in [3.63, 3.8) is 0 Å². The van der Waals surface area contributed by atoms with Crippen LogP contribution in [0.5, 0.6) is 0 Å². The van der Waals surface area contributed by atoms with Gasteiger partial charge in [0.1, 0.15) is 24.5 Å². The smallest absolute Gasteiger partial charge is 0.192 e. The van der Waals surface area contributed by atoms with Crippen molar-refractivity contribution < 1.29 is 38.6 Å². The number of allylic oxidation sites excluding steroid dienone is 1. The first-order valence-electron chi connectivity index (χ1n) is 25.0. The second kappa shape index (κ2) is 23.0. The molecule has 6 heterocycles. The number of benzene rings is 2. The first kappa shape index (κ1) is 53.3. The highest BCUT2D eigenvalue weighted by Gasteiger charge is 2.34. The summed E-state index contributed by atoms with van der Waals surface area (Å²) in [6, 6.07) is 19.0. The Balaban J connectivity index is 0.000000207. The van der Waals surface area contributed by atoms with Crippen molar-refractivity contribution in [2.45, 2.75) is 136 Å². The number of aryl methyl sites for hydroxylation is 2. The lowest BCUT2D eigenvalue weighted by Gasteiger charge is -2.23. The molecule has 6 aromatic rings. The van der Waals surface area contributed by atoms with E-state index in [9.17, 15) is 10.2 Å². The summed E-state index contributed by atoms with van der Waals surface area (Å²) in [5.74, 6) is -1.40. The van der Waals surface area contributed by atoms with Crippen LogP contribution >= 0.6 is 0 Å². The molecule has 2 saturated heterocycles. The Bertz CT molecular complexity index is 2680. The molecule has 2 aliphatic heterocycles. The summed E-state index contributed by atoms with van der Waals surface area (Å²) in [6.45, 7) is 30.6. The number of nitrogens with zero attached hydrogens (tertiary/aromatic N) is 6. The van der Waals surface area contributed by atoms with Crippen LogP contribution in [0.2, 0.25) is 51.4 Å². The Kier molecular flexibility index (Phi) is 17.5. The molecule has 2 aromatic carbocycles. The van der Waals surface area contributed by atoms with Crippen LogP contribution < -0.4 is 0 Å². The minimum absolute atomic E-state index is 0.253. The molecule has 0 bridgehead atoms. The topological polar surface area (TPSA) is 157 Å². The normalized spacial score (nSPS) is 16.2. The second-order valence-corrected chi connectivity index (χ2v) is 32.2. The molecule has 0 saturated carbocycles. The van der Waals surface area contributed by atoms with Crippen LogP contribution in [0.3, 0.4) is 0 Å². The molecule has 0 radical (unpaired) electrons. The Hall–Kier alpha value is -4.47. The van der Waals surface area contributed by atoms with Crippen molar-refractivity contribution in [3.05, 3.63) is 107 Å². The summed E-state index contributed by atoms with van der Waals surface area (Å²) in [7, 11) is -2.38. The number of hydrogen-bond donors (Lipinski definition) is 2. The predicted octanol–water partition coefficient (Wildman–Crippen LogP) is 10.0. The molecule has 14 nitrogen and oxygen atoms in total. The maximum Gasteiger partial charge on any atom is 0.192 e. The summed E-state index contributed by atoms with van der Waals surface area (Å²) < 4.78 is 40.0. The maximum absolute atomic E-state index is 9.93. The van der Waals surface area contributed by atoms with E-state index in [0.717, 1.165) is 98.8 Å². The Morgan fingerprint density at radius 2 is 1.07 bits per heavy atom. The minimum Gasteiger partial charge on any atom is -0.394 e. The van der Waals surface area contributed by atoms with Gasteiger partial charge in [-0.15, -0.1) is 6.58 Å². The van der Waals surface area contributed by atoms with Gasteiger partial charge in [0, 0.05) is 64.5 Å². The van der Waals surface area contributed by atoms with Crippen LogP contribution in [-0.2, 0) is 79.1 Å². The summed E-state index contributed by atoms with van der Waals surface area (Å²) in [6.07, 6.45) is 7.11. The SMILES string of the molecule is C=CCc1cnc2c(n1)c(CC)c(-c1ccc(C3(C)OCCO3)cc1)n2COCC[Si](C)(C)C.CCc1c(-c2ccc(C3(C)OCCO3)cc2)n(COCC[Si](C)(C)C)c2ncc(CC(O)CO)nc12. The lowest BCUT2D eigenvalue weighted by atomic mass is 10.0. The van der Waals surface area contributed by atoms with Crippen molar-refractivity contribution in [1.29, 1.82) is 0 Å². The number of hydrogen-bond acceptors (Lipinski definition) is 12. The first-order chi connectivity index (χ1) is 33.4. The molecule has 8 rings (SSSR count). The molecule has 2 fully saturated rings. The molecule has 0 amide bonds. The fourth-order valence-corrected chi connectivity index (χ4v) is 10.4. The molecule has 1 unspecified atom stereocenters. The molecule has 2 N–H and O–H groups in total. The highest BCUT2D eigenvalue weighted by Crippen LogP contribution is 2.38. The van der Waals surface area contributed by atoms with Crippen molar-refractivity contribution in [2.75, 3.05) is 46.2 Å². The van der Waals surface area contributed by atoms with Crippen molar-refractivity contribution in [1.82, 2.24) is 29.1 Å². The van der Waals surface area contributed by atoms with Crippen molar-refractivity contribution >= 4 is 38.5 Å². The van der Waals surface area contributed by atoms with Crippen LogP contribution in [0, 0.1) is 0 Å². The maximum atomic E-state index is 9.93. The fraction of sp³-hybridized carbons (Fsp3) is 0.519. The predicted molar refractivity (Wildman–Crippen MR) is 282 cm³/mol. The number of ether oxygens (including phenoxy) is 6. The van der Waals surface area contributed by atoms with Gasteiger partial charge in [-0.1, -0.05) is 108 Å². The number of rotatable bonds is 21. The van der Waals surface area contributed by atoms with E-state index in [1.165, 1.54) is 5.56 Å². The first-order valence-corrected chi connectivity index (χ1v) is 32.4. The summed E-state index contributed by atoms with van der Waals surface area (Å²) in [4.78, 5) is 19.4. The molecule has 0 spiro atoms. The largest absolute Gasteiger partial charge is 0.394 e. The van der Waals surface area contributed by atoms with Gasteiger partial charge in [0.25, 0.3) is 0 Å². The number of aliphatic hydroxyl groups excluding tert-OH is 2.